The van der Waals surface area contributed by atoms with Gasteiger partial charge in [0.2, 0.25) is 0 Å². The summed E-state index contributed by atoms with van der Waals surface area (Å²) in [6, 6.07) is 5.11. The number of methoxy groups -OCH3 is 2. The van der Waals surface area contributed by atoms with E-state index in [1.807, 2.05) is 18.2 Å². The van der Waals surface area contributed by atoms with Crippen LogP contribution in [0.15, 0.2) is 18.2 Å². The van der Waals surface area contributed by atoms with E-state index >= 15 is 0 Å². The highest BCUT2D eigenvalue weighted by atomic mass is 32.1. The fourth-order valence-electron chi connectivity index (χ4n) is 4.11. The van der Waals surface area contributed by atoms with E-state index in [0.717, 1.165) is 36.9 Å². The van der Waals surface area contributed by atoms with E-state index in [0.29, 0.717) is 29.7 Å². The number of rotatable bonds is 5. The van der Waals surface area contributed by atoms with Crippen LogP contribution in [0.25, 0.3) is 0 Å². The average Bonchev–Trinajstić information content (AvgIpc) is 3.21. The third kappa shape index (κ3) is 3.84. The van der Waals surface area contributed by atoms with E-state index in [9.17, 15) is 9.90 Å². The van der Waals surface area contributed by atoms with Crippen LogP contribution in [-0.4, -0.2) is 61.0 Å². The second-order valence-electron chi connectivity index (χ2n) is 7.25. The predicted octanol–water partition coefficient (Wildman–Crippen LogP) is 2.61. The topological polar surface area (TPSA) is 81.1 Å². The van der Waals surface area contributed by atoms with Crippen LogP contribution in [0, 0.1) is 0 Å². The number of aryl methyl sites for hydroxylation is 2. The molecular weight excluding hydrogens is 392 g/mol. The smallest absolute Gasteiger partial charge is 0.283 e. The van der Waals surface area contributed by atoms with Gasteiger partial charge in [-0.3, -0.25) is 4.79 Å². The molecule has 2 aliphatic rings. The number of hydrogen-bond acceptors (Lipinski definition) is 7. The molecule has 1 N–H and O–H groups in total. The van der Waals surface area contributed by atoms with Crippen molar-refractivity contribution >= 4 is 17.2 Å². The van der Waals surface area contributed by atoms with Crippen LogP contribution in [0.2, 0.25) is 0 Å². The highest BCUT2D eigenvalue weighted by molar-refractivity contribution is 7.13. The van der Waals surface area contributed by atoms with Crippen molar-refractivity contribution < 1.29 is 24.1 Å². The number of nitrogens with zero attached hydrogens (tertiary/aromatic N) is 2. The molecule has 7 nitrogen and oxygen atoms in total. The van der Waals surface area contributed by atoms with Gasteiger partial charge in [0.25, 0.3) is 5.91 Å². The molecule has 2 heterocycles. The van der Waals surface area contributed by atoms with E-state index in [1.165, 1.54) is 16.2 Å². The van der Waals surface area contributed by atoms with Crippen molar-refractivity contribution in [1.82, 2.24) is 9.88 Å². The predicted molar refractivity (Wildman–Crippen MR) is 109 cm³/mol. The van der Waals surface area contributed by atoms with E-state index < -0.39 is 12.1 Å². The molecule has 29 heavy (non-hydrogen) atoms. The van der Waals surface area contributed by atoms with Crippen LogP contribution in [-0.2, 0) is 17.6 Å². The molecule has 1 aromatic heterocycles. The zero-order valence-corrected chi connectivity index (χ0v) is 17.5. The van der Waals surface area contributed by atoms with Crippen molar-refractivity contribution in [2.75, 3.05) is 34.0 Å². The van der Waals surface area contributed by atoms with Crippen LogP contribution in [0.1, 0.15) is 44.8 Å². The first-order chi connectivity index (χ1) is 14.2. The molecule has 1 amide bonds. The number of carbonyl (C=O) groups is 1. The molecule has 156 valence electrons. The molecule has 1 saturated heterocycles. The summed E-state index contributed by atoms with van der Waals surface area (Å²) in [5.41, 5.74) is 1.90. The Balaban J connectivity index is 1.69. The fraction of sp³-hybridized carbons (Fsp3) is 0.524. The Hall–Kier alpha value is -2.16. The maximum Gasteiger partial charge on any atom is 0.283 e. The number of aliphatic hydroxyl groups is 1. The van der Waals surface area contributed by atoms with Gasteiger partial charge in [0.15, 0.2) is 16.5 Å². The number of aromatic nitrogens is 1. The zero-order valence-electron chi connectivity index (χ0n) is 16.7. The Labute approximate surface area is 174 Å². The summed E-state index contributed by atoms with van der Waals surface area (Å²) in [6.07, 6.45) is 3.72. The lowest BCUT2D eigenvalue weighted by Gasteiger charge is -2.40. The van der Waals surface area contributed by atoms with Gasteiger partial charge in [-0.2, -0.15) is 0 Å². The van der Waals surface area contributed by atoms with Crippen molar-refractivity contribution in [2.45, 2.75) is 37.8 Å². The summed E-state index contributed by atoms with van der Waals surface area (Å²) in [6.45, 7) is 0.640. The largest absolute Gasteiger partial charge is 0.493 e. The molecule has 0 radical (unpaired) electrons. The lowest BCUT2D eigenvalue weighted by atomic mass is 9.97. The molecule has 1 fully saturated rings. The molecule has 1 aliphatic heterocycles. The van der Waals surface area contributed by atoms with Crippen LogP contribution in [0.4, 0.5) is 0 Å². The Bertz CT molecular complexity index is 860. The highest BCUT2D eigenvalue weighted by Gasteiger charge is 2.38. The second-order valence-corrected chi connectivity index (χ2v) is 8.33. The molecule has 0 unspecified atom stereocenters. The van der Waals surface area contributed by atoms with Gasteiger partial charge in [0.1, 0.15) is 6.10 Å². The standard InChI is InChI=1S/C21H26N2O5S/c1-26-15-8-7-13(11-16(15)27-2)19-17(12-24)28-10-9-23(19)21(25)20-22-14-5-3-4-6-18(14)29-20/h7-8,11,17,19,24H,3-6,9-10,12H2,1-2H3/t17-,19-/m1/s1. The molecule has 4 rings (SSSR count). The van der Waals surface area contributed by atoms with E-state index in [1.54, 1.807) is 19.1 Å². The first kappa shape index (κ1) is 20.1. The minimum atomic E-state index is -0.514. The van der Waals surface area contributed by atoms with Crippen LogP contribution < -0.4 is 9.47 Å². The van der Waals surface area contributed by atoms with Crippen molar-refractivity contribution in [3.63, 3.8) is 0 Å². The molecule has 2 aromatic rings. The van der Waals surface area contributed by atoms with E-state index in [4.69, 9.17) is 14.2 Å². The molecular formula is C21H26N2O5S. The number of benzene rings is 1. The summed E-state index contributed by atoms with van der Waals surface area (Å²) in [5, 5.41) is 10.4. The Morgan fingerprint density at radius 2 is 2.07 bits per heavy atom. The Kier molecular flexibility index (Phi) is 6.03. The van der Waals surface area contributed by atoms with Gasteiger partial charge in [0, 0.05) is 11.4 Å². The summed E-state index contributed by atoms with van der Waals surface area (Å²) in [4.78, 5) is 21.1. The summed E-state index contributed by atoms with van der Waals surface area (Å²) < 4.78 is 16.5. The van der Waals surface area contributed by atoms with Crippen LogP contribution in [0.3, 0.4) is 0 Å². The number of morpholine rings is 1. The second kappa shape index (κ2) is 8.69. The molecule has 2 atom stereocenters. The summed E-state index contributed by atoms with van der Waals surface area (Å²) >= 11 is 1.51. The first-order valence-corrected chi connectivity index (χ1v) is 10.7. The van der Waals surface area contributed by atoms with Crippen molar-refractivity contribution in [2.24, 2.45) is 0 Å². The molecule has 8 heteroatoms. The Morgan fingerprint density at radius 1 is 1.28 bits per heavy atom. The lowest BCUT2D eigenvalue weighted by molar-refractivity contribution is -0.0811. The molecule has 0 bridgehead atoms. The number of fused-ring (bicyclic) bond motifs is 1. The van der Waals surface area contributed by atoms with Gasteiger partial charge in [-0.25, -0.2) is 4.98 Å². The van der Waals surface area contributed by atoms with Gasteiger partial charge in [-0.05, 0) is 43.4 Å². The number of aliphatic hydroxyl groups excluding tert-OH is 1. The van der Waals surface area contributed by atoms with E-state index in [-0.39, 0.29) is 12.5 Å². The number of thiazole rings is 1. The molecule has 1 aliphatic carbocycles. The van der Waals surface area contributed by atoms with Gasteiger partial charge < -0.3 is 24.2 Å². The molecule has 0 saturated carbocycles. The van der Waals surface area contributed by atoms with Gasteiger partial charge >= 0.3 is 0 Å². The minimum Gasteiger partial charge on any atom is -0.493 e. The third-order valence-electron chi connectivity index (χ3n) is 5.57. The monoisotopic (exact) mass is 418 g/mol. The quantitative estimate of drug-likeness (QED) is 0.804. The lowest BCUT2D eigenvalue weighted by Crippen LogP contribution is -2.49. The van der Waals surface area contributed by atoms with Crippen molar-refractivity contribution in [3.05, 3.63) is 39.3 Å². The van der Waals surface area contributed by atoms with Gasteiger partial charge in [-0.1, -0.05) is 6.07 Å². The van der Waals surface area contributed by atoms with E-state index in [2.05, 4.69) is 4.98 Å². The maximum absolute atomic E-state index is 13.4. The summed E-state index contributed by atoms with van der Waals surface area (Å²) in [7, 11) is 3.16. The van der Waals surface area contributed by atoms with Crippen LogP contribution in [0.5, 0.6) is 11.5 Å². The SMILES string of the molecule is COc1ccc([C@@H]2[C@@H](CO)OCCN2C(=O)c2nc3c(s2)CCCC3)cc1OC. The van der Waals surface area contributed by atoms with Crippen molar-refractivity contribution in [1.29, 1.82) is 0 Å². The number of carbonyl (C=O) groups excluding carboxylic acids is 1. The van der Waals surface area contributed by atoms with Crippen molar-refractivity contribution in [3.8, 4) is 11.5 Å². The normalized spacial score (nSPS) is 21.6. The van der Waals surface area contributed by atoms with Gasteiger partial charge in [0.05, 0.1) is 39.2 Å². The zero-order chi connectivity index (χ0) is 20.4. The third-order valence-corrected chi connectivity index (χ3v) is 6.72. The molecule has 1 aromatic carbocycles. The number of ether oxygens (including phenoxy) is 3. The average molecular weight is 419 g/mol. The Morgan fingerprint density at radius 3 is 2.79 bits per heavy atom. The van der Waals surface area contributed by atoms with Crippen LogP contribution >= 0.6 is 11.3 Å². The van der Waals surface area contributed by atoms with Gasteiger partial charge in [-0.15, -0.1) is 11.3 Å². The fourth-order valence-corrected chi connectivity index (χ4v) is 5.22. The summed E-state index contributed by atoms with van der Waals surface area (Å²) in [5.74, 6) is 1.08. The highest BCUT2D eigenvalue weighted by Crippen LogP contribution is 2.37. The number of amides is 1. The first-order valence-electron chi connectivity index (χ1n) is 9.90. The maximum atomic E-state index is 13.4. The number of hydrogen-bond donors (Lipinski definition) is 1. The molecule has 0 spiro atoms. The minimum absolute atomic E-state index is 0.106.